The molecular weight excluding hydrogens is 330 g/mol. The van der Waals surface area contributed by atoms with E-state index in [4.69, 9.17) is 9.47 Å². The number of urea groups is 1. The van der Waals surface area contributed by atoms with Gasteiger partial charge in [-0.1, -0.05) is 6.92 Å². The average molecular weight is 361 g/mol. The summed E-state index contributed by atoms with van der Waals surface area (Å²) in [6.07, 6.45) is 3.43. The maximum Gasteiger partial charge on any atom is 0.317 e. The molecule has 1 N–H and O–H groups in total. The number of benzene rings is 1. The number of piperidine rings is 1. The number of hydrogen-bond acceptors (Lipinski definition) is 4. The van der Waals surface area contributed by atoms with Gasteiger partial charge in [-0.15, -0.1) is 0 Å². The molecule has 2 amide bonds. The lowest BCUT2D eigenvalue weighted by Crippen LogP contribution is -2.46. The highest BCUT2D eigenvalue weighted by molar-refractivity contribution is 5.74. The fourth-order valence-electron chi connectivity index (χ4n) is 3.98. The van der Waals surface area contributed by atoms with Crippen LogP contribution >= 0.6 is 0 Å². The normalized spacial score (nSPS) is 20.4. The second-order valence-electron chi connectivity index (χ2n) is 7.43. The van der Waals surface area contributed by atoms with Crippen molar-refractivity contribution in [3.63, 3.8) is 0 Å². The Balaban J connectivity index is 1.52. The van der Waals surface area contributed by atoms with E-state index in [0.717, 1.165) is 49.8 Å². The topological polar surface area (TPSA) is 54.0 Å². The minimum absolute atomic E-state index is 0.0236. The van der Waals surface area contributed by atoms with Gasteiger partial charge in [-0.3, -0.25) is 0 Å². The molecule has 0 aromatic heterocycles. The Bertz CT molecular complexity index is 635. The van der Waals surface area contributed by atoms with E-state index in [1.807, 2.05) is 17.0 Å². The van der Waals surface area contributed by atoms with Crippen molar-refractivity contribution in [3.05, 3.63) is 23.3 Å². The van der Waals surface area contributed by atoms with E-state index in [1.54, 1.807) is 14.2 Å². The van der Waals surface area contributed by atoms with E-state index >= 15 is 0 Å². The first-order valence-corrected chi connectivity index (χ1v) is 9.59. The van der Waals surface area contributed by atoms with Gasteiger partial charge in [-0.2, -0.15) is 0 Å². The number of methoxy groups -OCH3 is 2. The predicted molar refractivity (Wildman–Crippen MR) is 102 cm³/mol. The molecule has 1 aromatic carbocycles. The Morgan fingerprint density at radius 3 is 2.62 bits per heavy atom. The van der Waals surface area contributed by atoms with Crippen LogP contribution in [0.1, 0.15) is 30.9 Å². The van der Waals surface area contributed by atoms with Crippen LogP contribution < -0.4 is 14.8 Å². The van der Waals surface area contributed by atoms with Crippen molar-refractivity contribution in [2.75, 3.05) is 46.9 Å². The summed E-state index contributed by atoms with van der Waals surface area (Å²) in [5, 5.41) is 3.09. The molecule has 6 nitrogen and oxygen atoms in total. The van der Waals surface area contributed by atoms with Crippen LogP contribution in [-0.2, 0) is 13.0 Å². The number of fused-ring (bicyclic) bond motifs is 1. The third kappa shape index (κ3) is 4.41. The molecule has 1 fully saturated rings. The molecule has 6 heteroatoms. The lowest BCUT2D eigenvalue weighted by atomic mass is 9.99. The smallest absolute Gasteiger partial charge is 0.317 e. The van der Waals surface area contributed by atoms with Crippen LogP contribution in [0.25, 0.3) is 0 Å². The number of nitrogens with zero attached hydrogens (tertiary/aromatic N) is 2. The summed E-state index contributed by atoms with van der Waals surface area (Å²) in [5.74, 6) is 2.23. The van der Waals surface area contributed by atoms with Crippen LogP contribution in [0, 0.1) is 5.92 Å². The first-order valence-electron chi connectivity index (χ1n) is 9.59. The van der Waals surface area contributed by atoms with Crippen LogP contribution in [0.3, 0.4) is 0 Å². The largest absolute Gasteiger partial charge is 0.493 e. The Labute approximate surface area is 156 Å². The van der Waals surface area contributed by atoms with Gasteiger partial charge in [0.2, 0.25) is 0 Å². The first-order chi connectivity index (χ1) is 12.6. The minimum atomic E-state index is 0.0236. The Hall–Kier alpha value is -1.95. The van der Waals surface area contributed by atoms with E-state index in [2.05, 4.69) is 17.1 Å². The van der Waals surface area contributed by atoms with Gasteiger partial charge in [0.15, 0.2) is 11.5 Å². The highest BCUT2D eigenvalue weighted by Gasteiger charge is 2.23. The molecule has 1 aromatic rings. The SMILES string of the molecule is COc1cc2c(cc1OC)CN(C(=O)NCCN1CCCC(C)C1)CC2. The predicted octanol–water partition coefficient (Wildman–Crippen LogP) is 2.50. The van der Waals surface area contributed by atoms with E-state index < -0.39 is 0 Å². The summed E-state index contributed by atoms with van der Waals surface area (Å²) in [6.45, 7) is 7.59. The number of carbonyl (C=O) groups excluding carboxylic acids is 1. The van der Waals surface area contributed by atoms with Crippen molar-refractivity contribution < 1.29 is 14.3 Å². The molecule has 0 saturated carbocycles. The van der Waals surface area contributed by atoms with Gasteiger partial charge in [0.25, 0.3) is 0 Å². The Morgan fingerprint density at radius 1 is 1.19 bits per heavy atom. The molecular formula is C20H31N3O3. The van der Waals surface area contributed by atoms with Gasteiger partial charge < -0.3 is 24.6 Å². The molecule has 144 valence electrons. The van der Waals surface area contributed by atoms with E-state index in [1.165, 1.54) is 18.4 Å². The molecule has 2 aliphatic rings. The van der Waals surface area contributed by atoms with Gasteiger partial charge in [-0.25, -0.2) is 4.79 Å². The van der Waals surface area contributed by atoms with E-state index in [9.17, 15) is 4.79 Å². The van der Waals surface area contributed by atoms with Crippen molar-refractivity contribution >= 4 is 6.03 Å². The highest BCUT2D eigenvalue weighted by Crippen LogP contribution is 2.33. The number of carbonyl (C=O) groups is 1. The number of nitrogens with one attached hydrogen (secondary N) is 1. The van der Waals surface area contributed by atoms with Crippen molar-refractivity contribution in [1.82, 2.24) is 15.1 Å². The van der Waals surface area contributed by atoms with E-state index in [-0.39, 0.29) is 6.03 Å². The number of amides is 2. The molecule has 1 saturated heterocycles. The van der Waals surface area contributed by atoms with Crippen LogP contribution in [-0.4, -0.2) is 62.8 Å². The number of rotatable bonds is 5. The first kappa shape index (κ1) is 18.8. The van der Waals surface area contributed by atoms with Gasteiger partial charge in [0, 0.05) is 32.7 Å². The molecule has 26 heavy (non-hydrogen) atoms. The molecule has 0 spiro atoms. The standard InChI is InChI=1S/C20H31N3O3/c1-15-5-4-8-22(13-15)10-7-21-20(24)23-9-6-16-11-18(25-2)19(26-3)12-17(16)14-23/h11-12,15H,4-10,13-14H2,1-3H3,(H,21,24). The van der Waals surface area contributed by atoms with Gasteiger partial charge in [0.1, 0.15) is 0 Å². The fourth-order valence-corrected chi connectivity index (χ4v) is 3.98. The molecule has 1 atom stereocenters. The number of ether oxygens (including phenoxy) is 2. The molecule has 3 rings (SSSR count). The monoisotopic (exact) mass is 361 g/mol. The van der Waals surface area contributed by atoms with Gasteiger partial charge >= 0.3 is 6.03 Å². The average Bonchev–Trinajstić information content (AvgIpc) is 2.66. The van der Waals surface area contributed by atoms with Crippen LogP contribution in [0.15, 0.2) is 12.1 Å². The summed E-state index contributed by atoms with van der Waals surface area (Å²) < 4.78 is 10.8. The van der Waals surface area contributed by atoms with Crippen molar-refractivity contribution in [3.8, 4) is 11.5 Å². The quantitative estimate of drug-likeness (QED) is 0.876. The third-order valence-corrected chi connectivity index (χ3v) is 5.45. The van der Waals surface area contributed by atoms with Gasteiger partial charge in [-0.05, 0) is 55.0 Å². The molecule has 0 radical (unpaired) electrons. The summed E-state index contributed by atoms with van der Waals surface area (Å²) >= 11 is 0. The third-order valence-electron chi connectivity index (χ3n) is 5.45. The lowest BCUT2D eigenvalue weighted by Gasteiger charge is -2.32. The second kappa shape index (κ2) is 8.62. The highest BCUT2D eigenvalue weighted by atomic mass is 16.5. The zero-order valence-corrected chi connectivity index (χ0v) is 16.2. The molecule has 0 bridgehead atoms. The second-order valence-corrected chi connectivity index (χ2v) is 7.43. The van der Waals surface area contributed by atoms with Gasteiger partial charge in [0.05, 0.1) is 14.2 Å². The Kier molecular flexibility index (Phi) is 6.25. The zero-order valence-electron chi connectivity index (χ0n) is 16.2. The number of hydrogen-bond donors (Lipinski definition) is 1. The minimum Gasteiger partial charge on any atom is -0.493 e. The van der Waals surface area contributed by atoms with Crippen molar-refractivity contribution in [2.45, 2.75) is 32.7 Å². The maximum atomic E-state index is 12.5. The lowest BCUT2D eigenvalue weighted by molar-refractivity contribution is 0.174. The summed E-state index contributed by atoms with van der Waals surface area (Å²) in [5.41, 5.74) is 2.36. The molecule has 0 aliphatic carbocycles. The van der Waals surface area contributed by atoms with E-state index in [0.29, 0.717) is 18.8 Å². The van der Waals surface area contributed by atoms with Crippen LogP contribution in [0.5, 0.6) is 11.5 Å². The molecule has 2 heterocycles. The summed E-state index contributed by atoms with van der Waals surface area (Å²) in [7, 11) is 3.29. The summed E-state index contributed by atoms with van der Waals surface area (Å²) in [4.78, 5) is 16.9. The fraction of sp³-hybridized carbons (Fsp3) is 0.650. The zero-order chi connectivity index (χ0) is 18.5. The van der Waals surface area contributed by atoms with Crippen molar-refractivity contribution in [2.24, 2.45) is 5.92 Å². The number of likely N-dealkylation sites (tertiary alicyclic amines) is 1. The Morgan fingerprint density at radius 2 is 1.92 bits per heavy atom. The molecule has 2 aliphatic heterocycles. The van der Waals surface area contributed by atoms with Crippen LogP contribution in [0.2, 0.25) is 0 Å². The van der Waals surface area contributed by atoms with Crippen LogP contribution in [0.4, 0.5) is 4.79 Å². The maximum absolute atomic E-state index is 12.5. The summed E-state index contributed by atoms with van der Waals surface area (Å²) in [6, 6.07) is 4.04. The van der Waals surface area contributed by atoms with Crippen molar-refractivity contribution in [1.29, 1.82) is 0 Å². The molecule has 1 unspecified atom stereocenters.